The van der Waals surface area contributed by atoms with Gasteiger partial charge in [0.15, 0.2) is 0 Å². The number of rotatable bonds is 4. The van der Waals surface area contributed by atoms with Crippen LogP contribution >= 0.6 is 28.3 Å². The molecule has 84 valence electrons. The molecule has 15 heavy (non-hydrogen) atoms. The smallest absolute Gasteiger partial charge is 0.225 e. The molecule has 2 N–H and O–H groups in total. The number of carbonyl (C=O) groups excluding carboxylic acids is 1. The van der Waals surface area contributed by atoms with Gasteiger partial charge < -0.3 is 10.6 Å². The molecule has 0 aliphatic carbocycles. The van der Waals surface area contributed by atoms with Crippen molar-refractivity contribution in [3.8, 4) is 0 Å². The first-order valence-electron chi connectivity index (χ1n) is 4.42. The minimum atomic E-state index is 0. The lowest BCUT2D eigenvalue weighted by atomic mass is 10.3. The van der Waals surface area contributed by atoms with Crippen molar-refractivity contribution in [3.05, 3.63) is 28.7 Å². The summed E-state index contributed by atoms with van der Waals surface area (Å²) in [4.78, 5) is 11.3. The highest BCUT2D eigenvalue weighted by Gasteiger charge is 2.00. The van der Waals surface area contributed by atoms with Gasteiger partial charge >= 0.3 is 0 Å². The molecule has 0 aliphatic heterocycles. The van der Waals surface area contributed by atoms with Crippen molar-refractivity contribution in [2.45, 2.75) is 6.42 Å². The Hall–Kier alpha value is -0.580. The molecule has 5 heteroatoms. The van der Waals surface area contributed by atoms with E-state index in [1.54, 1.807) is 0 Å². The molecule has 0 bridgehead atoms. The highest BCUT2D eigenvalue weighted by atomic mass is 79.9. The number of nitrogens with one attached hydrogen (secondary N) is 2. The third-order valence-corrected chi connectivity index (χ3v) is 2.20. The van der Waals surface area contributed by atoms with Crippen molar-refractivity contribution >= 4 is 39.9 Å². The van der Waals surface area contributed by atoms with Gasteiger partial charge in [-0.15, -0.1) is 12.4 Å². The molecule has 0 aliphatic rings. The summed E-state index contributed by atoms with van der Waals surface area (Å²) in [5, 5.41) is 5.73. The van der Waals surface area contributed by atoms with Crippen molar-refractivity contribution in [1.29, 1.82) is 0 Å². The molecule has 0 saturated carbocycles. The first-order valence-corrected chi connectivity index (χ1v) is 5.21. The Kier molecular flexibility index (Phi) is 7.38. The van der Waals surface area contributed by atoms with Crippen molar-refractivity contribution in [2.24, 2.45) is 0 Å². The maximum absolute atomic E-state index is 11.3. The minimum Gasteiger partial charge on any atom is -0.326 e. The number of benzene rings is 1. The molecule has 0 atom stereocenters. The van der Waals surface area contributed by atoms with E-state index in [1.165, 1.54) is 0 Å². The van der Waals surface area contributed by atoms with Gasteiger partial charge in [0.25, 0.3) is 0 Å². The third kappa shape index (κ3) is 5.77. The minimum absolute atomic E-state index is 0. The predicted molar refractivity (Wildman–Crippen MR) is 68.6 cm³/mol. The fraction of sp³-hybridized carbons (Fsp3) is 0.300. The van der Waals surface area contributed by atoms with Gasteiger partial charge in [0.05, 0.1) is 0 Å². The maximum Gasteiger partial charge on any atom is 0.225 e. The largest absolute Gasteiger partial charge is 0.326 e. The number of anilines is 1. The number of carbonyl (C=O) groups is 1. The molecule has 0 fully saturated rings. The van der Waals surface area contributed by atoms with Crippen molar-refractivity contribution in [2.75, 3.05) is 18.9 Å². The van der Waals surface area contributed by atoms with Crippen LogP contribution in [0.25, 0.3) is 0 Å². The third-order valence-electron chi connectivity index (χ3n) is 1.71. The number of amides is 1. The zero-order valence-electron chi connectivity index (χ0n) is 8.42. The summed E-state index contributed by atoms with van der Waals surface area (Å²) in [6, 6.07) is 7.54. The standard InChI is InChI=1S/C10H13BrN2O.ClH/c1-12-6-5-10(14)13-9-4-2-3-8(11)7-9;/h2-4,7,12H,5-6H2,1H3,(H,13,14);1H. The van der Waals surface area contributed by atoms with Crippen molar-refractivity contribution < 1.29 is 4.79 Å². The lowest BCUT2D eigenvalue weighted by Gasteiger charge is -2.04. The molecule has 1 aromatic rings. The van der Waals surface area contributed by atoms with Crippen LogP contribution in [-0.2, 0) is 4.79 Å². The average molecular weight is 294 g/mol. The molecule has 0 heterocycles. The number of halogens is 2. The molecule has 0 saturated heterocycles. The van der Waals surface area contributed by atoms with E-state index in [2.05, 4.69) is 26.6 Å². The summed E-state index contributed by atoms with van der Waals surface area (Å²) in [5.74, 6) is 0.0254. The van der Waals surface area contributed by atoms with Crippen LogP contribution in [0.2, 0.25) is 0 Å². The Bertz CT molecular complexity index is 320. The highest BCUT2D eigenvalue weighted by molar-refractivity contribution is 9.10. The summed E-state index contributed by atoms with van der Waals surface area (Å²) in [5.41, 5.74) is 0.820. The summed E-state index contributed by atoms with van der Waals surface area (Å²) in [6.07, 6.45) is 0.489. The van der Waals surface area contributed by atoms with Crippen molar-refractivity contribution in [3.63, 3.8) is 0 Å². The van der Waals surface area contributed by atoms with Gasteiger partial charge in [0.2, 0.25) is 5.91 Å². The van der Waals surface area contributed by atoms with Gasteiger partial charge in [-0.1, -0.05) is 22.0 Å². The van der Waals surface area contributed by atoms with E-state index in [0.29, 0.717) is 13.0 Å². The monoisotopic (exact) mass is 292 g/mol. The lowest BCUT2D eigenvalue weighted by Crippen LogP contribution is -2.18. The molecule has 0 unspecified atom stereocenters. The lowest BCUT2D eigenvalue weighted by molar-refractivity contribution is -0.116. The normalized spacial score (nSPS) is 9.20. The van der Waals surface area contributed by atoms with Gasteiger partial charge in [0, 0.05) is 23.1 Å². The quantitative estimate of drug-likeness (QED) is 0.895. The van der Waals surface area contributed by atoms with Crippen LogP contribution in [-0.4, -0.2) is 19.5 Å². The molecule has 1 rings (SSSR count). The predicted octanol–water partition coefficient (Wildman–Crippen LogP) is 2.42. The van der Waals surface area contributed by atoms with Gasteiger partial charge in [-0.05, 0) is 25.2 Å². The van der Waals surface area contributed by atoms with Crippen LogP contribution in [0.5, 0.6) is 0 Å². The van der Waals surface area contributed by atoms with E-state index in [1.807, 2.05) is 31.3 Å². The van der Waals surface area contributed by atoms with Gasteiger partial charge in [0.1, 0.15) is 0 Å². The Morgan fingerprint density at radius 2 is 2.20 bits per heavy atom. The molecule has 3 nitrogen and oxygen atoms in total. The zero-order valence-corrected chi connectivity index (χ0v) is 10.8. The second-order valence-electron chi connectivity index (χ2n) is 2.91. The van der Waals surface area contributed by atoms with Crippen molar-refractivity contribution in [1.82, 2.24) is 5.32 Å². The van der Waals surface area contributed by atoms with E-state index in [-0.39, 0.29) is 18.3 Å². The fourth-order valence-corrected chi connectivity index (χ4v) is 1.43. The summed E-state index contributed by atoms with van der Waals surface area (Å²) >= 11 is 3.34. The van der Waals surface area contributed by atoms with Crippen LogP contribution in [0.4, 0.5) is 5.69 Å². The van der Waals surface area contributed by atoms with E-state index in [9.17, 15) is 4.79 Å². The van der Waals surface area contributed by atoms with Gasteiger partial charge in [-0.2, -0.15) is 0 Å². The Labute approximate surface area is 104 Å². The van der Waals surface area contributed by atoms with Crippen LogP contribution in [0.3, 0.4) is 0 Å². The summed E-state index contributed by atoms with van der Waals surface area (Å²) in [6.45, 7) is 0.694. The maximum atomic E-state index is 11.3. The molecular formula is C10H14BrClN2O. The van der Waals surface area contributed by atoms with Crippen LogP contribution in [0.1, 0.15) is 6.42 Å². The molecule has 0 spiro atoms. The first-order chi connectivity index (χ1) is 6.72. The molecule has 1 aromatic carbocycles. The topological polar surface area (TPSA) is 41.1 Å². The molecule has 1 amide bonds. The van der Waals surface area contributed by atoms with Crippen LogP contribution < -0.4 is 10.6 Å². The molecular weight excluding hydrogens is 279 g/mol. The van der Waals surface area contributed by atoms with Gasteiger partial charge in [-0.25, -0.2) is 0 Å². The van der Waals surface area contributed by atoms with Crippen LogP contribution in [0, 0.1) is 0 Å². The SMILES string of the molecule is CNCCC(=O)Nc1cccc(Br)c1.Cl. The second-order valence-corrected chi connectivity index (χ2v) is 3.83. The Morgan fingerprint density at radius 1 is 1.47 bits per heavy atom. The molecule has 0 aromatic heterocycles. The average Bonchev–Trinajstić information content (AvgIpc) is 2.15. The Morgan fingerprint density at radius 3 is 2.80 bits per heavy atom. The molecule has 0 radical (unpaired) electrons. The summed E-state index contributed by atoms with van der Waals surface area (Å²) in [7, 11) is 1.83. The van der Waals surface area contributed by atoms with Crippen LogP contribution in [0.15, 0.2) is 28.7 Å². The van der Waals surface area contributed by atoms with E-state index >= 15 is 0 Å². The Balaban J connectivity index is 0.00000196. The number of hydrogen-bond acceptors (Lipinski definition) is 2. The number of hydrogen-bond donors (Lipinski definition) is 2. The second kappa shape index (κ2) is 7.68. The van der Waals surface area contributed by atoms with Gasteiger partial charge in [-0.3, -0.25) is 4.79 Å². The highest BCUT2D eigenvalue weighted by Crippen LogP contribution is 2.15. The first kappa shape index (κ1) is 14.4. The van der Waals surface area contributed by atoms with E-state index in [0.717, 1.165) is 10.2 Å². The van der Waals surface area contributed by atoms with E-state index in [4.69, 9.17) is 0 Å². The zero-order chi connectivity index (χ0) is 10.4. The summed E-state index contributed by atoms with van der Waals surface area (Å²) < 4.78 is 0.962. The fourth-order valence-electron chi connectivity index (χ4n) is 1.03. The van der Waals surface area contributed by atoms with E-state index < -0.39 is 0 Å².